The molecule has 0 fully saturated rings. The standard InChI is InChI=1S/C29H26N2O4S2/c1-3-15-34-22-13-11-20(12-14-22)17-24-27(32)31-26(23-10-7-16-36-23)25(19(2)30-29(31)37-24)28(33)35-18-21-8-5-4-6-9-21/h4-14,16-17,26H,3,15,18H2,1-2H3. The van der Waals surface area contributed by atoms with E-state index in [4.69, 9.17) is 9.47 Å². The predicted molar refractivity (Wildman–Crippen MR) is 147 cm³/mol. The van der Waals surface area contributed by atoms with Gasteiger partial charge in [-0.05, 0) is 54.1 Å². The second kappa shape index (κ2) is 11.1. The van der Waals surface area contributed by atoms with E-state index in [1.54, 1.807) is 11.5 Å². The van der Waals surface area contributed by atoms with Crippen molar-refractivity contribution in [1.82, 2.24) is 4.57 Å². The summed E-state index contributed by atoms with van der Waals surface area (Å²) >= 11 is 2.82. The first-order chi connectivity index (χ1) is 18.0. The number of carbonyl (C=O) groups is 1. The third-order valence-corrected chi connectivity index (χ3v) is 7.83. The summed E-state index contributed by atoms with van der Waals surface area (Å²) < 4.78 is 13.5. The number of ether oxygens (including phenoxy) is 2. The lowest BCUT2D eigenvalue weighted by molar-refractivity contribution is -0.140. The zero-order chi connectivity index (χ0) is 25.8. The fraction of sp³-hybridized carbons (Fsp3) is 0.207. The molecule has 2 aromatic carbocycles. The smallest absolute Gasteiger partial charge is 0.338 e. The second-order valence-electron chi connectivity index (χ2n) is 8.58. The summed E-state index contributed by atoms with van der Waals surface area (Å²) in [4.78, 5) is 33.1. The van der Waals surface area contributed by atoms with Crippen LogP contribution < -0.4 is 19.6 Å². The van der Waals surface area contributed by atoms with Gasteiger partial charge in [-0.2, -0.15) is 0 Å². The fourth-order valence-electron chi connectivity index (χ4n) is 4.13. The molecule has 0 radical (unpaired) electrons. The average Bonchev–Trinajstić information content (AvgIpc) is 3.55. The second-order valence-corrected chi connectivity index (χ2v) is 10.6. The Balaban J connectivity index is 1.51. The van der Waals surface area contributed by atoms with Crippen molar-refractivity contribution in [2.45, 2.75) is 32.9 Å². The van der Waals surface area contributed by atoms with Crippen LogP contribution in [0.1, 0.15) is 42.3 Å². The number of benzene rings is 2. The van der Waals surface area contributed by atoms with E-state index in [0.717, 1.165) is 28.2 Å². The first-order valence-corrected chi connectivity index (χ1v) is 13.7. The summed E-state index contributed by atoms with van der Waals surface area (Å²) in [7, 11) is 0. The molecule has 0 bridgehead atoms. The Morgan fingerprint density at radius 1 is 1.08 bits per heavy atom. The van der Waals surface area contributed by atoms with Crippen LogP contribution in [0.4, 0.5) is 0 Å². The predicted octanol–water partition coefficient (Wildman–Crippen LogP) is 4.83. The van der Waals surface area contributed by atoms with Crippen molar-refractivity contribution in [1.29, 1.82) is 0 Å². The van der Waals surface area contributed by atoms with E-state index in [9.17, 15) is 9.59 Å². The number of allylic oxidation sites excluding steroid dienone is 1. The SMILES string of the molecule is CCCOc1ccc(C=c2sc3n(c2=O)C(c2cccs2)C(C(=O)OCc2ccccc2)=C(C)N=3)cc1. The molecule has 8 heteroatoms. The van der Waals surface area contributed by atoms with Crippen molar-refractivity contribution >= 4 is 34.7 Å². The number of hydrogen-bond acceptors (Lipinski definition) is 7. The number of esters is 1. The molecule has 3 heterocycles. The lowest BCUT2D eigenvalue weighted by Crippen LogP contribution is -2.39. The lowest BCUT2D eigenvalue weighted by Gasteiger charge is -2.23. The van der Waals surface area contributed by atoms with Gasteiger partial charge in [0.2, 0.25) is 0 Å². The molecule has 188 valence electrons. The summed E-state index contributed by atoms with van der Waals surface area (Å²) in [5, 5.41) is 1.94. The molecule has 5 rings (SSSR count). The van der Waals surface area contributed by atoms with Crippen molar-refractivity contribution in [3.8, 4) is 5.75 Å². The van der Waals surface area contributed by atoms with Crippen LogP contribution in [0, 0.1) is 0 Å². The maximum absolute atomic E-state index is 13.7. The third kappa shape index (κ3) is 5.35. The van der Waals surface area contributed by atoms with Crippen molar-refractivity contribution in [2.24, 2.45) is 4.99 Å². The molecular formula is C29H26N2O4S2. The van der Waals surface area contributed by atoms with E-state index >= 15 is 0 Å². The van der Waals surface area contributed by atoms with Gasteiger partial charge in [-0.15, -0.1) is 11.3 Å². The first kappa shape index (κ1) is 24.9. The van der Waals surface area contributed by atoms with E-state index in [1.807, 2.05) is 78.2 Å². The molecule has 0 N–H and O–H groups in total. The van der Waals surface area contributed by atoms with Crippen molar-refractivity contribution in [2.75, 3.05) is 6.61 Å². The maximum Gasteiger partial charge on any atom is 0.338 e. The van der Waals surface area contributed by atoms with Crippen LogP contribution in [-0.4, -0.2) is 17.1 Å². The van der Waals surface area contributed by atoms with Gasteiger partial charge in [-0.1, -0.05) is 66.8 Å². The number of carbonyl (C=O) groups excluding carboxylic acids is 1. The van der Waals surface area contributed by atoms with Gasteiger partial charge in [-0.3, -0.25) is 9.36 Å². The van der Waals surface area contributed by atoms with Gasteiger partial charge in [0.1, 0.15) is 18.4 Å². The quantitative estimate of drug-likeness (QED) is 0.306. The first-order valence-electron chi connectivity index (χ1n) is 12.0. The van der Waals surface area contributed by atoms with Crippen molar-refractivity contribution in [3.63, 3.8) is 0 Å². The zero-order valence-corrected chi connectivity index (χ0v) is 22.2. The van der Waals surface area contributed by atoms with Crippen LogP contribution >= 0.6 is 22.7 Å². The molecule has 0 amide bonds. The Kier molecular flexibility index (Phi) is 7.48. The molecule has 0 aliphatic carbocycles. The molecule has 1 aliphatic rings. The topological polar surface area (TPSA) is 69.9 Å². The van der Waals surface area contributed by atoms with Gasteiger partial charge in [0.25, 0.3) is 5.56 Å². The molecule has 0 saturated carbocycles. The van der Waals surface area contributed by atoms with Gasteiger partial charge in [0, 0.05) is 4.88 Å². The summed E-state index contributed by atoms with van der Waals surface area (Å²) in [6.45, 7) is 4.67. The summed E-state index contributed by atoms with van der Waals surface area (Å²) in [6.07, 6.45) is 2.79. The molecule has 1 aliphatic heterocycles. The number of aromatic nitrogens is 1. The van der Waals surface area contributed by atoms with Crippen LogP contribution in [0.2, 0.25) is 0 Å². The molecule has 1 atom stereocenters. The van der Waals surface area contributed by atoms with Crippen LogP contribution in [0.25, 0.3) is 6.08 Å². The normalized spacial score (nSPS) is 15.3. The van der Waals surface area contributed by atoms with Crippen molar-refractivity contribution < 1.29 is 14.3 Å². The Bertz CT molecular complexity index is 1600. The number of thiazole rings is 1. The van der Waals surface area contributed by atoms with Gasteiger partial charge in [0.05, 0.1) is 22.4 Å². The van der Waals surface area contributed by atoms with Crippen LogP contribution in [-0.2, 0) is 16.1 Å². The highest BCUT2D eigenvalue weighted by molar-refractivity contribution is 7.10. The van der Waals surface area contributed by atoms with Gasteiger partial charge in [0.15, 0.2) is 4.80 Å². The van der Waals surface area contributed by atoms with E-state index in [1.165, 1.54) is 22.7 Å². The van der Waals surface area contributed by atoms with E-state index in [0.29, 0.717) is 27.2 Å². The minimum absolute atomic E-state index is 0.149. The third-order valence-electron chi connectivity index (χ3n) is 5.92. The number of thiophene rings is 1. The highest BCUT2D eigenvalue weighted by Gasteiger charge is 2.34. The summed E-state index contributed by atoms with van der Waals surface area (Å²) in [6, 6.07) is 20.4. The van der Waals surface area contributed by atoms with E-state index in [2.05, 4.69) is 11.9 Å². The largest absolute Gasteiger partial charge is 0.494 e. The molecule has 4 aromatic rings. The number of fused-ring (bicyclic) bond motifs is 1. The van der Waals surface area contributed by atoms with Crippen LogP contribution in [0.3, 0.4) is 0 Å². The number of rotatable bonds is 8. The van der Waals surface area contributed by atoms with Crippen LogP contribution in [0.15, 0.2) is 93.2 Å². The average molecular weight is 531 g/mol. The summed E-state index contributed by atoms with van der Waals surface area (Å²) in [5.41, 5.74) is 2.54. The van der Waals surface area contributed by atoms with Gasteiger partial charge in [-0.25, -0.2) is 9.79 Å². The van der Waals surface area contributed by atoms with Gasteiger partial charge < -0.3 is 9.47 Å². The maximum atomic E-state index is 13.7. The Morgan fingerprint density at radius 3 is 2.57 bits per heavy atom. The molecule has 2 aromatic heterocycles. The van der Waals surface area contributed by atoms with Gasteiger partial charge >= 0.3 is 5.97 Å². The molecule has 1 unspecified atom stereocenters. The van der Waals surface area contributed by atoms with E-state index in [-0.39, 0.29) is 12.2 Å². The van der Waals surface area contributed by atoms with E-state index < -0.39 is 12.0 Å². The Morgan fingerprint density at radius 2 is 1.86 bits per heavy atom. The molecule has 37 heavy (non-hydrogen) atoms. The number of hydrogen-bond donors (Lipinski definition) is 0. The molecular weight excluding hydrogens is 504 g/mol. The van der Waals surface area contributed by atoms with Crippen LogP contribution in [0.5, 0.6) is 5.75 Å². The Hall–Kier alpha value is -3.75. The Labute approximate surface area is 222 Å². The minimum atomic E-state index is -0.591. The number of nitrogens with zero attached hydrogens (tertiary/aromatic N) is 2. The molecule has 0 saturated heterocycles. The summed E-state index contributed by atoms with van der Waals surface area (Å²) in [5.74, 6) is 0.327. The highest BCUT2D eigenvalue weighted by atomic mass is 32.1. The fourth-order valence-corrected chi connectivity index (χ4v) is 6.00. The zero-order valence-electron chi connectivity index (χ0n) is 20.5. The molecule has 0 spiro atoms. The lowest BCUT2D eigenvalue weighted by atomic mass is 10.0. The molecule has 6 nitrogen and oxygen atoms in total. The monoisotopic (exact) mass is 530 g/mol. The highest BCUT2D eigenvalue weighted by Crippen LogP contribution is 2.33. The van der Waals surface area contributed by atoms with Crippen molar-refractivity contribution in [3.05, 3.63) is 119 Å². The minimum Gasteiger partial charge on any atom is -0.494 e.